The maximum absolute atomic E-state index is 13.3. The van der Waals surface area contributed by atoms with Crippen molar-refractivity contribution >= 4 is 11.8 Å². The van der Waals surface area contributed by atoms with E-state index in [9.17, 15) is 9.59 Å². The third kappa shape index (κ3) is 7.37. The highest BCUT2D eigenvalue weighted by Gasteiger charge is 2.31. The first kappa shape index (κ1) is 22.7. The average molecular weight is 395 g/mol. The molecule has 4 nitrogen and oxygen atoms in total. The van der Waals surface area contributed by atoms with Gasteiger partial charge in [-0.25, -0.2) is 0 Å². The summed E-state index contributed by atoms with van der Waals surface area (Å²) in [6, 6.07) is 17.5. The van der Waals surface area contributed by atoms with Gasteiger partial charge in [0.05, 0.1) is 0 Å². The van der Waals surface area contributed by atoms with E-state index in [0.717, 1.165) is 17.5 Å². The first-order chi connectivity index (χ1) is 13.7. The van der Waals surface area contributed by atoms with E-state index < -0.39 is 6.04 Å². The molecule has 2 aromatic rings. The Bertz CT molecular complexity index is 792. The molecule has 0 aromatic heterocycles. The predicted molar refractivity (Wildman–Crippen MR) is 118 cm³/mol. The lowest BCUT2D eigenvalue weighted by Crippen LogP contribution is -2.54. The number of carbonyl (C=O) groups excluding carboxylic acids is 2. The Labute approximate surface area is 175 Å². The van der Waals surface area contributed by atoms with E-state index in [2.05, 4.69) is 5.32 Å². The lowest BCUT2D eigenvalue weighted by atomic mass is 10.00. The quantitative estimate of drug-likeness (QED) is 0.708. The van der Waals surface area contributed by atoms with Crippen LogP contribution in [0.1, 0.15) is 57.2 Å². The molecular formula is C25H34N2O2. The van der Waals surface area contributed by atoms with Crippen LogP contribution >= 0.6 is 0 Å². The highest BCUT2D eigenvalue weighted by atomic mass is 16.2. The zero-order chi connectivity index (χ0) is 21.4. The van der Waals surface area contributed by atoms with Crippen molar-refractivity contribution in [3.63, 3.8) is 0 Å². The summed E-state index contributed by atoms with van der Waals surface area (Å²) in [7, 11) is 0. The number of hydrogen-bond donors (Lipinski definition) is 1. The van der Waals surface area contributed by atoms with Crippen LogP contribution in [0.5, 0.6) is 0 Å². The standard InChI is InChI=1S/C25H34N2O2/c1-6-10-23(28)27(18-21-15-13-19(2)14-16-21)22(24(29)26-25(3,4)5)17-20-11-8-7-9-12-20/h7-9,11-16,22H,6,10,17-18H2,1-5H3,(H,26,29)/t22-/m0/s1. The van der Waals surface area contributed by atoms with Gasteiger partial charge in [-0.1, -0.05) is 67.1 Å². The summed E-state index contributed by atoms with van der Waals surface area (Å²) in [6.07, 6.45) is 1.67. The molecule has 0 aliphatic heterocycles. The van der Waals surface area contributed by atoms with E-state index in [4.69, 9.17) is 0 Å². The Morgan fingerprint density at radius 1 is 0.966 bits per heavy atom. The lowest BCUT2D eigenvalue weighted by Gasteiger charge is -2.34. The van der Waals surface area contributed by atoms with Gasteiger partial charge >= 0.3 is 0 Å². The van der Waals surface area contributed by atoms with Crippen LogP contribution in [0, 0.1) is 6.92 Å². The number of amides is 2. The van der Waals surface area contributed by atoms with Crippen LogP contribution in [0.3, 0.4) is 0 Å². The van der Waals surface area contributed by atoms with Gasteiger partial charge in [0, 0.05) is 24.9 Å². The summed E-state index contributed by atoms with van der Waals surface area (Å²) in [5, 5.41) is 3.08. The van der Waals surface area contributed by atoms with Crippen LogP contribution in [0.25, 0.3) is 0 Å². The van der Waals surface area contributed by atoms with E-state index in [1.807, 2.05) is 89.2 Å². The van der Waals surface area contributed by atoms with Gasteiger partial charge in [0.2, 0.25) is 11.8 Å². The largest absolute Gasteiger partial charge is 0.350 e. The molecule has 1 atom stereocenters. The van der Waals surface area contributed by atoms with Crippen LogP contribution in [-0.4, -0.2) is 28.3 Å². The molecule has 0 spiro atoms. The van der Waals surface area contributed by atoms with Crippen LogP contribution in [0.2, 0.25) is 0 Å². The molecule has 2 aromatic carbocycles. The van der Waals surface area contributed by atoms with Crippen LogP contribution in [0.15, 0.2) is 54.6 Å². The summed E-state index contributed by atoms with van der Waals surface area (Å²) in [5.74, 6) is -0.101. The van der Waals surface area contributed by atoms with E-state index in [1.54, 1.807) is 4.90 Å². The molecule has 0 saturated carbocycles. The molecule has 0 aliphatic carbocycles. The van der Waals surface area contributed by atoms with E-state index in [1.165, 1.54) is 5.56 Å². The number of aryl methyl sites for hydroxylation is 1. The fourth-order valence-electron chi connectivity index (χ4n) is 3.25. The Hall–Kier alpha value is -2.62. The molecule has 29 heavy (non-hydrogen) atoms. The number of rotatable bonds is 8. The zero-order valence-electron chi connectivity index (χ0n) is 18.4. The maximum Gasteiger partial charge on any atom is 0.243 e. The zero-order valence-corrected chi connectivity index (χ0v) is 18.4. The van der Waals surface area contributed by atoms with Crippen molar-refractivity contribution in [2.24, 2.45) is 0 Å². The maximum atomic E-state index is 13.3. The average Bonchev–Trinajstić information content (AvgIpc) is 2.65. The van der Waals surface area contributed by atoms with Gasteiger partial charge in [-0.3, -0.25) is 9.59 Å². The predicted octanol–water partition coefficient (Wildman–Crippen LogP) is 4.65. The Kier molecular flexibility index (Phi) is 8.00. The van der Waals surface area contributed by atoms with Crippen molar-refractivity contribution in [1.82, 2.24) is 10.2 Å². The highest BCUT2D eigenvalue weighted by Crippen LogP contribution is 2.17. The molecule has 0 unspecified atom stereocenters. The Morgan fingerprint density at radius 3 is 2.14 bits per heavy atom. The highest BCUT2D eigenvalue weighted by molar-refractivity contribution is 5.88. The summed E-state index contributed by atoms with van der Waals surface area (Å²) < 4.78 is 0. The number of hydrogen-bond acceptors (Lipinski definition) is 2. The Morgan fingerprint density at radius 2 is 1.59 bits per heavy atom. The van der Waals surface area contributed by atoms with Gasteiger partial charge in [0.1, 0.15) is 6.04 Å². The van der Waals surface area contributed by atoms with Crippen LogP contribution in [0.4, 0.5) is 0 Å². The monoisotopic (exact) mass is 394 g/mol. The van der Waals surface area contributed by atoms with Crippen molar-refractivity contribution in [2.75, 3.05) is 0 Å². The van der Waals surface area contributed by atoms with Gasteiger partial charge in [0.25, 0.3) is 0 Å². The van der Waals surface area contributed by atoms with Crippen molar-refractivity contribution < 1.29 is 9.59 Å². The van der Waals surface area contributed by atoms with Crippen molar-refractivity contribution in [1.29, 1.82) is 0 Å². The Balaban J connectivity index is 2.38. The summed E-state index contributed by atoms with van der Waals surface area (Å²) >= 11 is 0. The minimum absolute atomic E-state index is 0.0121. The molecule has 0 radical (unpaired) electrons. The molecule has 0 aliphatic rings. The first-order valence-corrected chi connectivity index (χ1v) is 10.4. The van der Waals surface area contributed by atoms with E-state index >= 15 is 0 Å². The number of carbonyl (C=O) groups is 2. The third-order valence-electron chi connectivity index (χ3n) is 4.71. The van der Waals surface area contributed by atoms with Gasteiger partial charge in [-0.15, -0.1) is 0 Å². The second-order valence-electron chi connectivity index (χ2n) is 8.70. The number of benzene rings is 2. The van der Waals surface area contributed by atoms with Crippen molar-refractivity contribution in [2.45, 2.75) is 72.0 Å². The van der Waals surface area contributed by atoms with Gasteiger partial charge in [0.15, 0.2) is 0 Å². The summed E-state index contributed by atoms with van der Waals surface area (Å²) in [4.78, 5) is 28.1. The molecular weight excluding hydrogens is 360 g/mol. The minimum atomic E-state index is -0.558. The van der Waals surface area contributed by atoms with E-state index in [0.29, 0.717) is 19.4 Å². The van der Waals surface area contributed by atoms with Gasteiger partial charge in [-0.2, -0.15) is 0 Å². The fraction of sp³-hybridized carbons (Fsp3) is 0.440. The molecule has 0 bridgehead atoms. The third-order valence-corrected chi connectivity index (χ3v) is 4.71. The SMILES string of the molecule is CCCC(=O)N(Cc1ccc(C)cc1)[C@@H](Cc1ccccc1)C(=O)NC(C)(C)C. The molecule has 2 rings (SSSR count). The minimum Gasteiger partial charge on any atom is -0.350 e. The summed E-state index contributed by atoms with van der Waals surface area (Å²) in [6.45, 7) is 10.3. The first-order valence-electron chi connectivity index (χ1n) is 10.4. The lowest BCUT2D eigenvalue weighted by molar-refractivity contribution is -0.142. The van der Waals surface area contributed by atoms with E-state index in [-0.39, 0.29) is 17.4 Å². The topological polar surface area (TPSA) is 49.4 Å². The molecule has 4 heteroatoms. The van der Waals surface area contributed by atoms with Gasteiger partial charge in [-0.05, 0) is 45.2 Å². The number of nitrogens with one attached hydrogen (secondary N) is 1. The molecule has 0 fully saturated rings. The van der Waals surface area contributed by atoms with Crippen molar-refractivity contribution in [3.8, 4) is 0 Å². The smallest absolute Gasteiger partial charge is 0.243 e. The molecule has 1 N–H and O–H groups in total. The normalized spacial score (nSPS) is 12.3. The second-order valence-corrected chi connectivity index (χ2v) is 8.70. The molecule has 156 valence electrons. The van der Waals surface area contributed by atoms with Gasteiger partial charge < -0.3 is 10.2 Å². The molecule has 0 saturated heterocycles. The van der Waals surface area contributed by atoms with Crippen molar-refractivity contribution in [3.05, 3.63) is 71.3 Å². The van der Waals surface area contributed by atoms with Crippen LogP contribution in [-0.2, 0) is 22.6 Å². The van der Waals surface area contributed by atoms with Crippen LogP contribution < -0.4 is 5.32 Å². The summed E-state index contributed by atoms with van der Waals surface area (Å²) in [5.41, 5.74) is 2.88. The number of nitrogens with zero attached hydrogens (tertiary/aromatic N) is 1. The molecule has 0 heterocycles. The molecule has 2 amide bonds. The fourth-order valence-corrected chi connectivity index (χ4v) is 3.25. The second kappa shape index (κ2) is 10.2.